The summed E-state index contributed by atoms with van der Waals surface area (Å²) >= 11 is 1.22. The molecule has 0 fully saturated rings. The van der Waals surface area contributed by atoms with Crippen LogP contribution in [0.3, 0.4) is 0 Å². The van der Waals surface area contributed by atoms with Gasteiger partial charge in [-0.1, -0.05) is 23.9 Å². The Kier molecular flexibility index (Phi) is 6.92. The number of thioether (sulfide) groups is 1. The van der Waals surface area contributed by atoms with E-state index in [1.165, 1.54) is 17.3 Å². The summed E-state index contributed by atoms with van der Waals surface area (Å²) < 4.78 is 15.9. The number of nitrogens with zero attached hydrogens (tertiary/aromatic N) is 2. The van der Waals surface area contributed by atoms with E-state index in [2.05, 4.69) is 27.6 Å². The predicted molar refractivity (Wildman–Crippen MR) is 101 cm³/mol. The number of hydrogen-bond donors (Lipinski definition) is 1. The minimum Gasteiger partial charge on any atom is -0.497 e. The van der Waals surface area contributed by atoms with Crippen molar-refractivity contribution in [2.24, 2.45) is 0 Å². The molecule has 142 valence electrons. The Morgan fingerprint density at radius 1 is 1.19 bits per heavy atom. The molecule has 0 saturated heterocycles. The zero-order chi connectivity index (χ0) is 18.9. The molecule has 1 amide bonds. The first-order chi connectivity index (χ1) is 13.2. The van der Waals surface area contributed by atoms with Gasteiger partial charge in [-0.2, -0.15) is 0 Å². The molecule has 1 N–H and O–H groups in total. The number of hydrogen-bond acceptors (Lipinski definition) is 7. The molecular weight excluding hydrogens is 366 g/mol. The highest BCUT2D eigenvalue weighted by molar-refractivity contribution is 7.99. The molecule has 0 spiro atoms. The van der Waals surface area contributed by atoms with E-state index in [0.29, 0.717) is 29.8 Å². The van der Waals surface area contributed by atoms with Gasteiger partial charge in [-0.3, -0.25) is 4.79 Å². The van der Waals surface area contributed by atoms with E-state index in [9.17, 15) is 4.79 Å². The number of ether oxygens (including phenoxy) is 1. The number of carbonyl (C=O) groups excluding carboxylic acids is 1. The quantitative estimate of drug-likeness (QED) is 0.534. The second-order valence-electron chi connectivity index (χ2n) is 5.81. The molecule has 2 aromatic heterocycles. The van der Waals surface area contributed by atoms with Gasteiger partial charge in [-0.15, -0.1) is 10.2 Å². The smallest absolute Gasteiger partial charge is 0.277 e. The zero-order valence-electron chi connectivity index (χ0n) is 15.0. The van der Waals surface area contributed by atoms with E-state index in [1.807, 2.05) is 18.2 Å². The molecule has 0 atom stereocenters. The number of nitrogens with one attached hydrogen (secondary N) is 1. The third-order valence-electron chi connectivity index (χ3n) is 3.83. The van der Waals surface area contributed by atoms with Crippen LogP contribution < -0.4 is 10.1 Å². The fraction of sp³-hybridized carbons (Fsp3) is 0.316. The van der Waals surface area contributed by atoms with Crippen molar-refractivity contribution < 1.29 is 18.4 Å². The highest BCUT2D eigenvalue weighted by atomic mass is 32.2. The summed E-state index contributed by atoms with van der Waals surface area (Å²) in [6.07, 6.45) is 4.10. The molecule has 0 unspecified atom stereocenters. The van der Waals surface area contributed by atoms with E-state index < -0.39 is 0 Å². The van der Waals surface area contributed by atoms with Crippen LogP contribution in [0.25, 0.3) is 0 Å². The molecule has 0 bridgehead atoms. The van der Waals surface area contributed by atoms with Gasteiger partial charge in [0.2, 0.25) is 11.8 Å². The summed E-state index contributed by atoms with van der Waals surface area (Å²) in [4.78, 5) is 11.8. The van der Waals surface area contributed by atoms with Crippen LogP contribution in [0.1, 0.15) is 23.6 Å². The third-order valence-corrected chi connectivity index (χ3v) is 4.65. The second-order valence-corrected chi connectivity index (χ2v) is 6.73. The molecule has 7 nitrogen and oxygen atoms in total. The van der Waals surface area contributed by atoms with Crippen LogP contribution in [0.15, 0.2) is 56.7 Å². The van der Waals surface area contributed by atoms with Crippen LogP contribution in [-0.4, -0.2) is 29.0 Å². The van der Waals surface area contributed by atoms with Crippen molar-refractivity contribution in [3.05, 3.63) is 59.9 Å². The van der Waals surface area contributed by atoms with E-state index in [0.717, 1.165) is 18.6 Å². The van der Waals surface area contributed by atoms with Crippen LogP contribution in [0.2, 0.25) is 0 Å². The van der Waals surface area contributed by atoms with Crippen molar-refractivity contribution in [3.63, 3.8) is 0 Å². The summed E-state index contributed by atoms with van der Waals surface area (Å²) in [5, 5.41) is 11.2. The zero-order valence-corrected chi connectivity index (χ0v) is 15.8. The van der Waals surface area contributed by atoms with E-state index in [4.69, 9.17) is 13.6 Å². The average molecular weight is 387 g/mol. The Balaban J connectivity index is 1.35. The lowest BCUT2D eigenvalue weighted by Gasteiger charge is -2.02. The largest absolute Gasteiger partial charge is 0.497 e. The number of aromatic nitrogens is 2. The first-order valence-electron chi connectivity index (χ1n) is 8.60. The monoisotopic (exact) mass is 387 g/mol. The number of furan rings is 1. The van der Waals surface area contributed by atoms with Crippen LogP contribution in [0, 0.1) is 0 Å². The van der Waals surface area contributed by atoms with Crippen molar-refractivity contribution in [1.82, 2.24) is 15.5 Å². The molecule has 0 aliphatic heterocycles. The maximum atomic E-state index is 11.8. The van der Waals surface area contributed by atoms with Gasteiger partial charge in [0.05, 0.1) is 25.7 Å². The molecule has 1 aromatic carbocycles. The van der Waals surface area contributed by atoms with Gasteiger partial charge in [0.1, 0.15) is 11.5 Å². The van der Waals surface area contributed by atoms with Crippen LogP contribution in [-0.2, 0) is 24.2 Å². The summed E-state index contributed by atoms with van der Waals surface area (Å²) in [6, 6.07) is 11.6. The van der Waals surface area contributed by atoms with E-state index in [1.54, 1.807) is 19.4 Å². The van der Waals surface area contributed by atoms with Gasteiger partial charge in [0, 0.05) is 6.42 Å². The minimum atomic E-state index is -0.115. The molecule has 0 aliphatic carbocycles. The molecule has 0 aliphatic rings. The van der Waals surface area contributed by atoms with Gasteiger partial charge >= 0.3 is 0 Å². The normalized spacial score (nSPS) is 10.7. The van der Waals surface area contributed by atoms with E-state index >= 15 is 0 Å². The van der Waals surface area contributed by atoms with Gasteiger partial charge in [0.15, 0.2) is 0 Å². The lowest BCUT2D eigenvalue weighted by Crippen LogP contribution is -2.24. The molecule has 3 aromatic rings. The minimum absolute atomic E-state index is 0.115. The first kappa shape index (κ1) is 19.0. The van der Waals surface area contributed by atoms with E-state index in [-0.39, 0.29) is 11.7 Å². The lowest BCUT2D eigenvalue weighted by molar-refractivity contribution is -0.118. The lowest BCUT2D eigenvalue weighted by atomic mass is 10.1. The second kappa shape index (κ2) is 9.82. The Bertz CT molecular complexity index is 831. The molecule has 0 saturated carbocycles. The highest BCUT2D eigenvalue weighted by Crippen LogP contribution is 2.18. The molecule has 2 heterocycles. The van der Waals surface area contributed by atoms with Gasteiger partial charge < -0.3 is 18.9 Å². The maximum Gasteiger partial charge on any atom is 0.277 e. The average Bonchev–Trinajstić information content (AvgIpc) is 3.37. The van der Waals surface area contributed by atoms with Crippen molar-refractivity contribution in [1.29, 1.82) is 0 Å². The van der Waals surface area contributed by atoms with Crippen LogP contribution in [0.4, 0.5) is 0 Å². The Labute approximate surface area is 161 Å². The predicted octanol–water partition coefficient (Wildman–Crippen LogP) is 3.26. The number of methoxy groups -OCH3 is 1. The Morgan fingerprint density at radius 2 is 2.04 bits per heavy atom. The maximum absolute atomic E-state index is 11.8. The summed E-state index contributed by atoms with van der Waals surface area (Å²) in [5.41, 5.74) is 1.23. The van der Waals surface area contributed by atoms with Crippen molar-refractivity contribution >= 4 is 17.7 Å². The molecular formula is C19H21N3O4S. The molecule has 3 rings (SSSR count). The summed E-state index contributed by atoms with van der Waals surface area (Å²) in [6.45, 7) is 0.368. The van der Waals surface area contributed by atoms with Crippen LogP contribution >= 0.6 is 11.8 Å². The number of benzene rings is 1. The Morgan fingerprint density at radius 3 is 2.78 bits per heavy atom. The van der Waals surface area contributed by atoms with Gasteiger partial charge in [-0.25, -0.2) is 0 Å². The highest BCUT2D eigenvalue weighted by Gasteiger charge is 2.10. The topological polar surface area (TPSA) is 90.4 Å². The van der Waals surface area contributed by atoms with Gasteiger partial charge in [-0.05, 0) is 42.7 Å². The number of amides is 1. The van der Waals surface area contributed by atoms with Crippen LogP contribution in [0.5, 0.6) is 5.75 Å². The number of rotatable bonds is 10. The molecule has 8 heteroatoms. The molecule has 27 heavy (non-hydrogen) atoms. The number of carbonyl (C=O) groups is 1. The summed E-state index contributed by atoms with van der Waals surface area (Å²) in [5.74, 6) is 2.25. The first-order valence-corrected chi connectivity index (χ1v) is 9.58. The van der Waals surface area contributed by atoms with Crippen molar-refractivity contribution in [2.75, 3.05) is 12.9 Å². The number of aryl methyl sites for hydroxylation is 2. The molecule has 0 radical (unpaired) electrons. The Hall–Kier alpha value is -2.74. The summed E-state index contributed by atoms with van der Waals surface area (Å²) in [7, 11) is 1.66. The van der Waals surface area contributed by atoms with Crippen molar-refractivity contribution in [3.8, 4) is 5.75 Å². The fourth-order valence-corrected chi connectivity index (χ4v) is 3.02. The third kappa shape index (κ3) is 6.18. The fourth-order valence-electron chi connectivity index (χ4n) is 2.41. The van der Waals surface area contributed by atoms with Crippen molar-refractivity contribution in [2.45, 2.75) is 31.0 Å². The SMILES string of the molecule is COc1ccc(CCCc2nnc(SCC(=O)NCc3ccco3)o2)cc1. The van der Waals surface area contributed by atoms with Gasteiger partial charge in [0.25, 0.3) is 5.22 Å². The standard InChI is InChI=1S/C19H21N3O4S/c1-24-15-9-7-14(8-10-15)4-2-6-18-21-22-19(26-18)27-13-17(23)20-12-16-5-3-11-25-16/h3,5,7-11H,2,4,6,12-13H2,1H3,(H,20,23).